The third-order valence-corrected chi connectivity index (χ3v) is 6.25. The number of nitrogens with one attached hydrogen (secondary N) is 1. The van der Waals surface area contributed by atoms with Crippen molar-refractivity contribution in [2.45, 2.75) is 19.5 Å². The second-order valence-electron chi connectivity index (χ2n) is 9.47. The molecular weight excluding hydrogens is 455 g/mol. The Bertz CT molecular complexity index is 1470. The molecular formula is C27H31FN8. The van der Waals surface area contributed by atoms with Crippen molar-refractivity contribution in [2.75, 3.05) is 39.5 Å². The number of nitrogens with zero attached hydrogens (tertiary/aromatic N) is 7. The molecule has 0 fully saturated rings. The molecule has 9 heteroatoms. The molecule has 0 radical (unpaired) electrons. The van der Waals surface area contributed by atoms with E-state index in [-0.39, 0.29) is 5.82 Å². The highest BCUT2D eigenvalue weighted by molar-refractivity contribution is 5.85. The minimum absolute atomic E-state index is 0.240. The fraction of sp³-hybridized carbons (Fsp3) is 0.296. The lowest BCUT2D eigenvalue weighted by Crippen LogP contribution is -2.23. The third kappa shape index (κ3) is 5.37. The van der Waals surface area contributed by atoms with Crippen molar-refractivity contribution in [2.24, 2.45) is 0 Å². The first-order chi connectivity index (χ1) is 17.5. The molecule has 2 aromatic carbocycles. The van der Waals surface area contributed by atoms with Crippen molar-refractivity contribution in [3.8, 4) is 0 Å². The van der Waals surface area contributed by atoms with Gasteiger partial charge in [0.05, 0.1) is 18.3 Å². The highest BCUT2D eigenvalue weighted by Gasteiger charge is 2.13. The Kier molecular flexibility index (Phi) is 6.92. The summed E-state index contributed by atoms with van der Waals surface area (Å²) in [6.45, 7) is 3.41. The maximum Gasteiger partial charge on any atom is 0.158 e. The van der Waals surface area contributed by atoms with E-state index in [9.17, 15) is 4.39 Å². The SMILES string of the molecule is CN(C)CCCN(C)Cc1ccn2ncnc(Nc3ccc4c(cnn4Cc4cccc(F)c4)c3)c12. The van der Waals surface area contributed by atoms with Crippen LogP contribution in [-0.4, -0.2) is 68.4 Å². The summed E-state index contributed by atoms with van der Waals surface area (Å²) in [5, 5.41) is 13.4. The Hall–Kier alpha value is -3.82. The zero-order chi connectivity index (χ0) is 25.1. The lowest BCUT2D eigenvalue weighted by atomic mass is 10.2. The first kappa shape index (κ1) is 23.9. The zero-order valence-corrected chi connectivity index (χ0v) is 20.9. The van der Waals surface area contributed by atoms with Gasteiger partial charge in [-0.25, -0.2) is 13.9 Å². The fourth-order valence-electron chi connectivity index (χ4n) is 4.50. The van der Waals surface area contributed by atoms with Crippen LogP contribution < -0.4 is 5.32 Å². The molecule has 1 N–H and O–H groups in total. The molecule has 0 atom stereocenters. The topological polar surface area (TPSA) is 66.5 Å². The van der Waals surface area contributed by atoms with Crippen molar-refractivity contribution in [3.05, 3.63) is 84.2 Å². The number of aromatic nitrogens is 5. The van der Waals surface area contributed by atoms with Gasteiger partial charge in [-0.05, 0) is 88.2 Å². The summed E-state index contributed by atoms with van der Waals surface area (Å²) in [5.41, 5.74) is 4.92. The molecule has 0 unspecified atom stereocenters. The second-order valence-corrected chi connectivity index (χ2v) is 9.47. The summed E-state index contributed by atoms with van der Waals surface area (Å²) in [6.07, 6.45) is 6.49. The monoisotopic (exact) mass is 486 g/mol. The number of hydrogen-bond acceptors (Lipinski definition) is 6. The van der Waals surface area contributed by atoms with Gasteiger partial charge in [-0.3, -0.25) is 4.68 Å². The van der Waals surface area contributed by atoms with Crippen molar-refractivity contribution in [1.29, 1.82) is 0 Å². The van der Waals surface area contributed by atoms with E-state index in [1.807, 2.05) is 39.8 Å². The van der Waals surface area contributed by atoms with Crippen LogP contribution in [0.3, 0.4) is 0 Å². The van der Waals surface area contributed by atoms with Gasteiger partial charge in [-0.15, -0.1) is 0 Å². The standard InChI is InChI=1S/C27H31FN8/c1-33(2)11-5-12-34(3)18-21-10-13-35-26(21)27(29-19-31-35)32-24-8-9-25-22(15-24)16-30-36(25)17-20-6-4-7-23(28)14-20/h4,6-10,13-16,19H,5,11-12,17-18H2,1-3H3,(H,29,31,32). The van der Waals surface area contributed by atoms with Gasteiger partial charge >= 0.3 is 0 Å². The molecule has 186 valence electrons. The molecule has 0 amide bonds. The van der Waals surface area contributed by atoms with E-state index in [1.165, 1.54) is 11.6 Å². The Morgan fingerprint density at radius 1 is 1.00 bits per heavy atom. The van der Waals surface area contributed by atoms with Gasteiger partial charge in [0.15, 0.2) is 5.82 Å². The minimum Gasteiger partial charge on any atom is -0.338 e. The van der Waals surface area contributed by atoms with Gasteiger partial charge in [0.25, 0.3) is 0 Å². The Morgan fingerprint density at radius 2 is 1.89 bits per heavy atom. The largest absolute Gasteiger partial charge is 0.338 e. The van der Waals surface area contributed by atoms with Crippen LogP contribution in [0.4, 0.5) is 15.9 Å². The van der Waals surface area contributed by atoms with E-state index >= 15 is 0 Å². The number of fused-ring (bicyclic) bond motifs is 2. The van der Waals surface area contributed by atoms with E-state index in [0.29, 0.717) is 6.54 Å². The van der Waals surface area contributed by atoms with E-state index in [0.717, 1.165) is 59.5 Å². The van der Waals surface area contributed by atoms with Crippen molar-refractivity contribution >= 4 is 27.9 Å². The average molecular weight is 487 g/mol. The molecule has 0 saturated carbocycles. The van der Waals surface area contributed by atoms with Crippen LogP contribution in [0, 0.1) is 5.82 Å². The quantitative estimate of drug-likeness (QED) is 0.316. The van der Waals surface area contributed by atoms with Crippen LogP contribution in [0.2, 0.25) is 0 Å². The summed E-state index contributed by atoms with van der Waals surface area (Å²) in [4.78, 5) is 9.09. The smallest absolute Gasteiger partial charge is 0.158 e. The van der Waals surface area contributed by atoms with Crippen molar-refractivity contribution < 1.29 is 4.39 Å². The van der Waals surface area contributed by atoms with Crippen LogP contribution in [-0.2, 0) is 13.1 Å². The summed E-state index contributed by atoms with van der Waals surface area (Å²) in [5.74, 6) is 0.523. The number of anilines is 2. The van der Waals surface area contributed by atoms with Crippen LogP contribution in [0.15, 0.2) is 67.3 Å². The predicted molar refractivity (Wildman–Crippen MR) is 141 cm³/mol. The molecule has 5 aromatic rings. The van der Waals surface area contributed by atoms with Crippen LogP contribution in [0.25, 0.3) is 16.4 Å². The maximum atomic E-state index is 13.6. The van der Waals surface area contributed by atoms with Gasteiger partial charge in [0, 0.05) is 23.8 Å². The van der Waals surface area contributed by atoms with E-state index in [2.05, 4.69) is 63.6 Å². The van der Waals surface area contributed by atoms with Gasteiger partial charge in [0.1, 0.15) is 17.7 Å². The highest BCUT2D eigenvalue weighted by Crippen LogP contribution is 2.26. The van der Waals surface area contributed by atoms with E-state index in [1.54, 1.807) is 18.5 Å². The molecule has 0 aliphatic rings. The predicted octanol–water partition coefficient (Wildman–Crippen LogP) is 4.39. The fourth-order valence-corrected chi connectivity index (χ4v) is 4.50. The van der Waals surface area contributed by atoms with Gasteiger partial charge in [-0.1, -0.05) is 12.1 Å². The number of hydrogen-bond donors (Lipinski definition) is 1. The van der Waals surface area contributed by atoms with Crippen molar-refractivity contribution in [1.82, 2.24) is 34.2 Å². The van der Waals surface area contributed by atoms with Crippen molar-refractivity contribution in [3.63, 3.8) is 0 Å². The van der Waals surface area contributed by atoms with Crippen LogP contribution in [0.1, 0.15) is 17.5 Å². The molecule has 0 bridgehead atoms. The van der Waals surface area contributed by atoms with Gasteiger partial charge in [0.2, 0.25) is 0 Å². The Labute approximate surface area is 210 Å². The molecule has 5 rings (SSSR count). The summed E-state index contributed by atoms with van der Waals surface area (Å²) in [6, 6.07) is 14.8. The second kappa shape index (κ2) is 10.4. The molecule has 0 aliphatic heterocycles. The van der Waals surface area contributed by atoms with Crippen LogP contribution >= 0.6 is 0 Å². The molecule has 3 heterocycles. The van der Waals surface area contributed by atoms with Gasteiger partial charge < -0.3 is 15.1 Å². The molecule has 3 aromatic heterocycles. The number of halogens is 1. The number of rotatable bonds is 10. The van der Waals surface area contributed by atoms with E-state index < -0.39 is 0 Å². The number of benzene rings is 2. The lowest BCUT2D eigenvalue weighted by molar-refractivity contribution is 0.295. The normalized spacial score (nSPS) is 11.8. The molecule has 8 nitrogen and oxygen atoms in total. The molecule has 0 aliphatic carbocycles. The third-order valence-electron chi connectivity index (χ3n) is 6.25. The summed E-state index contributed by atoms with van der Waals surface area (Å²) in [7, 11) is 6.35. The Balaban J connectivity index is 1.35. The molecule has 0 saturated heterocycles. The summed E-state index contributed by atoms with van der Waals surface area (Å²) < 4.78 is 17.3. The zero-order valence-electron chi connectivity index (χ0n) is 20.9. The Morgan fingerprint density at radius 3 is 2.72 bits per heavy atom. The highest BCUT2D eigenvalue weighted by atomic mass is 19.1. The molecule has 36 heavy (non-hydrogen) atoms. The summed E-state index contributed by atoms with van der Waals surface area (Å²) >= 11 is 0. The lowest BCUT2D eigenvalue weighted by Gasteiger charge is -2.18. The minimum atomic E-state index is -0.240. The molecule has 0 spiro atoms. The first-order valence-corrected chi connectivity index (χ1v) is 12.1. The van der Waals surface area contributed by atoms with Crippen LogP contribution in [0.5, 0.6) is 0 Å². The average Bonchev–Trinajstić information content (AvgIpc) is 3.43. The van der Waals surface area contributed by atoms with E-state index in [4.69, 9.17) is 0 Å². The first-order valence-electron chi connectivity index (χ1n) is 12.1. The maximum absolute atomic E-state index is 13.6. The van der Waals surface area contributed by atoms with Gasteiger partial charge in [-0.2, -0.15) is 10.2 Å².